The molecule has 6 nitrogen and oxygen atoms in total. The molecule has 3 rings (SSSR count). The first-order valence-corrected chi connectivity index (χ1v) is 7.90. The number of carbonyl (C=O) groups excluding carboxylic acids is 3. The van der Waals surface area contributed by atoms with Gasteiger partial charge in [0.2, 0.25) is 0 Å². The fraction of sp³-hybridized carbons (Fsp3) is 0.188. The summed E-state index contributed by atoms with van der Waals surface area (Å²) < 4.78 is 0. The molecule has 0 saturated carbocycles. The van der Waals surface area contributed by atoms with Crippen LogP contribution in [0.3, 0.4) is 0 Å². The van der Waals surface area contributed by atoms with Gasteiger partial charge >= 0.3 is 0 Å². The molecule has 118 valence electrons. The number of aliphatic carboxylic acids is 1. The molecule has 7 heteroatoms. The van der Waals surface area contributed by atoms with Gasteiger partial charge in [0.1, 0.15) is 0 Å². The molecular weight excluding hydrogens is 316 g/mol. The Hall–Kier alpha value is -2.54. The molecule has 23 heavy (non-hydrogen) atoms. The van der Waals surface area contributed by atoms with Gasteiger partial charge in [-0.1, -0.05) is 36.4 Å². The van der Waals surface area contributed by atoms with Gasteiger partial charge in [-0.05, 0) is 23.2 Å². The number of amides is 2. The van der Waals surface area contributed by atoms with Crippen LogP contribution >= 0.6 is 11.8 Å². The van der Waals surface area contributed by atoms with E-state index in [1.54, 1.807) is 0 Å². The summed E-state index contributed by atoms with van der Waals surface area (Å²) in [6.45, 7) is -0.166. The normalized spacial score (nSPS) is 17.7. The van der Waals surface area contributed by atoms with Crippen LogP contribution in [0.4, 0.5) is 10.5 Å². The number of nitrogens with one attached hydrogen (secondary N) is 1. The summed E-state index contributed by atoms with van der Waals surface area (Å²) in [4.78, 5) is 35.6. The number of thioether (sulfide) groups is 1. The Kier molecular flexibility index (Phi) is 4.20. The molecule has 0 unspecified atom stereocenters. The summed E-state index contributed by atoms with van der Waals surface area (Å²) in [6, 6.07) is 13.4. The summed E-state index contributed by atoms with van der Waals surface area (Å²) in [7, 11) is 0. The monoisotopic (exact) mass is 329 g/mol. The van der Waals surface area contributed by atoms with Crippen molar-refractivity contribution in [1.82, 2.24) is 4.90 Å². The quantitative estimate of drug-likeness (QED) is 0.892. The number of carbonyl (C=O) groups is 3. The molecule has 0 aromatic heterocycles. The molecule has 1 atom stereocenters. The first-order chi connectivity index (χ1) is 11.1. The second-order valence-corrected chi connectivity index (χ2v) is 6.10. The molecule has 2 aromatic rings. The number of rotatable bonds is 5. The highest BCUT2D eigenvalue weighted by atomic mass is 32.2. The topological polar surface area (TPSA) is 89.5 Å². The lowest BCUT2D eigenvalue weighted by Gasteiger charge is -2.16. The van der Waals surface area contributed by atoms with Gasteiger partial charge in [0.15, 0.2) is 5.37 Å². The molecule has 1 heterocycles. The van der Waals surface area contributed by atoms with Gasteiger partial charge in [-0.15, -0.1) is 0 Å². The molecule has 0 radical (unpaired) electrons. The summed E-state index contributed by atoms with van der Waals surface area (Å²) in [5, 5.41) is 14.3. The molecule has 2 amide bonds. The van der Waals surface area contributed by atoms with Crippen molar-refractivity contribution in [2.45, 2.75) is 11.8 Å². The van der Waals surface area contributed by atoms with Crippen LogP contribution in [0.5, 0.6) is 0 Å². The first kappa shape index (κ1) is 15.4. The number of anilines is 1. The van der Waals surface area contributed by atoms with E-state index in [0.29, 0.717) is 0 Å². The maximum Gasteiger partial charge on any atom is 0.290 e. The van der Waals surface area contributed by atoms with Gasteiger partial charge in [-0.3, -0.25) is 14.5 Å². The second-order valence-electron chi connectivity index (χ2n) is 5.05. The van der Waals surface area contributed by atoms with Gasteiger partial charge in [0, 0.05) is 30.0 Å². The molecule has 2 aromatic carbocycles. The lowest BCUT2D eigenvalue weighted by molar-refractivity contribution is -0.305. The number of carboxylic acid groups (broad SMARTS) is 1. The molecule has 1 N–H and O–H groups in total. The van der Waals surface area contributed by atoms with E-state index in [9.17, 15) is 19.5 Å². The Morgan fingerprint density at radius 2 is 1.91 bits per heavy atom. The molecule has 1 aliphatic rings. The van der Waals surface area contributed by atoms with Gasteiger partial charge in [-0.25, -0.2) is 0 Å². The maximum absolute atomic E-state index is 12.3. The van der Waals surface area contributed by atoms with Gasteiger partial charge in [-0.2, -0.15) is 0 Å². The highest BCUT2D eigenvalue weighted by Crippen LogP contribution is 2.31. The van der Waals surface area contributed by atoms with E-state index in [0.717, 1.165) is 33.1 Å². The molecule has 0 spiro atoms. The number of hydrogen-bond donors (Lipinski definition) is 1. The van der Waals surface area contributed by atoms with Gasteiger partial charge < -0.3 is 15.2 Å². The van der Waals surface area contributed by atoms with Crippen molar-refractivity contribution < 1.29 is 19.5 Å². The highest BCUT2D eigenvalue weighted by molar-refractivity contribution is 8.15. The molecule has 1 saturated heterocycles. The standard InChI is InChI=1S/C16H14N2O4S/c19-13(20)8-9-18-15(21)14(23-16(18)22)17-12-7-3-5-10-4-1-2-6-11(10)12/h1-7,14,17H,8-9H2,(H,19,20)/p-1/t14-/m0/s1. The Bertz CT molecular complexity index is 787. The van der Waals surface area contributed by atoms with E-state index >= 15 is 0 Å². The maximum atomic E-state index is 12.3. The number of carboxylic acids is 1. The number of fused-ring (bicyclic) bond motifs is 1. The van der Waals surface area contributed by atoms with Crippen LogP contribution < -0.4 is 10.4 Å². The lowest BCUT2D eigenvalue weighted by Crippen LogP contribution is -2.37. The second kappa shape index (κ2) is 6.29. The Balaban J connectivity index is 1.79. The molecular formula is C16H13N2O4S-. The predicted octanol–water partition coefficient (Wildman–Crippen LogP) is 1.41. The Morgan fingerprint density at radius 3 is 2.70 bits per heavy atom. The van der Waals surface area contributed by atoms with Crippen LogP contribution in [0.25, 0.3) is 10.8 Å². The predicted molar refractivity (Wildman–Crippen MR) is 85.7 cm³/mol. The molecule has 1 aliphatic heterocycles. The van der Waals surface area contributed by atoms with Crippen molar-refractivity contribution in [2.75, 3.05) is 11.9 Å². The largest absolute Gasteiger partial charge is 0.550 e. The number of hydrogen-bond acceptors (Lipinski definition) is 6. The average molecular weight is 329 g/mol. The van der Waals surface area contributed by atoms with E-state index in [2.05, 4.69) is 5.32 Å². The summed E-state index contributed by atoms with van der Waals surface area (Å²) >= 11 is 0.850. The Morgan fingerprint density at radius 1 is 1.17 bits per heavy atom. The van der Waals surface area contributed by atoms with Crippen LogP contribution in [0.15, 0.2) is 42.5 Å². The van der Waals surface area contributed by atoms with Crippen molar-refractivity contribution in [2.24, 2.45) is 0 Å². The Labute approximate surface area is 136 Å². The fourth-order valence-electron chi connectivity index (χ4n) is 2.43. The van der Waals surface area contributed by atoms with Crippen LogP contribution in [0.2, 0.25) is 0 Å². The molecule has 0 bridgehead atoms. The van der Waals surface area contributed by atoms with Crippen LogP contribution in [-0.4, -0.2) is 33.9 Å². The molecule has 0 aliphatic carbocycles. The first-order valence-electron chi connectivity index (χ1n) is 7.02. The number of imide groups is 1. The third-order valence-corrected chi connectivity index (χ3v) is 4.52. The fourth-order valence-corrected chi connectivity index (χ4v) is 3.36. The zero-order valence-corrected chi connectivity index (χ0v) is 12.8. The molecule has 1 fully saturated rings. The number of benzene rings is 2. The summed E-state index contributed by atoms with van der Waals surface area (Å²) in [6.07, 6.45) is -0.362. The minimum absolute atomic E-state index is 0.166. The average Bonchev–Trinajstić information content (AvgIpc) is 2.79. The van der Waals surface area contributed by atoms with Crippen LogP contribution in [0.1, 0.15) is 6.42 Å². The smallest absolute Gasteiger partial charge is 0.290 e. The number of nitrogens with zero attached hydrogens (tertiary/aromatic N) is 1. The summed E-state index contributed by atoms with van der Waals surface area (Å²) in [5.74, 6) is -1.73. The highest BCUT2D eigenvalue weighted by Gasteiger charge is 2.39. The zero-order chi connectivity index (χ0) is 16.4. The minimum atomic E-state index is -1.29. The third kappa shape index (κ3) is 3.14. The van der Waals surface area contributed by atoms with E-state index in [1.165, 1.54) is 0 Å². The SMILES string of the molecule is O=C([O-])CCN1C(=O)S[C@H](Nc2cccc3ccccc23)C1=O. The van der Waals surface area contributed by atoms with Crippen molar-refractivity contribution >= 4 is 45.3 Å². The van der Waals surface area contributed by atoms with Crippen LogP contribution in [-0.2, 0) is 9.59 Å². The third-order valence-electron chi connectivity index (χ3n) is 3.55. The zero-order valence-electron chi connectivity index (χ0n) is 12.0. The van der Waals surface area contributed by atoms with Gasteiger partial charge in [0.25, 0.3) is 11.1 Å². The van der Waals surface area contributed by atoms with E-state index < -0.39 is 22.5 Å². The lowest BCUT2D eigenvalue weighted by atomic mass is 10.1. The van der Waals surface area contributed by atoms with Crippen molar-refractivity contribution in [3.63, 3.8) is 0 Å². The van der Waals surface area contributed by atoms with Crippen molar-refractivity contribution in [3.8, 4) is 0 Å². The van der Waals surface area contributed by atoms with E-state index in [1.807, 2.05) is 42.5 Å². The van der Waals surface area contributed by atoms with E-state index in [-0.39, 0.29) is 13.0 Å². The van der Waals surface area contributed by atoms with Crippen LogP contribution in [0, 0.1) is 0 Å². The summed E-state index contributed by atoms with van der Waals surface area (Å²) in [5.41, 5.74) is 0.753. The van der Waals surface area contributed by atoms with Gasteiger partial charge in [0.05, 0.1) is 0 Å². The van der Waals surface area contributed by atoms with E-state index in [4.69, 9.17) is 0 Å². The van der Waals surface area contributed by atoms with Crippen molar-refractivity contribution in [1.29, 1.82) is 0 Å². The minimum Gasteiger partial charge on any atom is -0.550 e. The van der Waals surface area contributed by atoms with Crippen molar-refractivity contribution in [3.05, 3.63) is 42.5 Å².